The maximum Gasteiger partial charge on any atom is 0.257 e. The monoisotopic (exact) mass is 321 g/mol. The zero-order valence-electron chi connectivity index (χ0n) is 16.5. The van der Waals surface area contributed by atoms with Gasteiger partial charge in [-0.05, 0) is 30.1 Å². The van der Waals surface area contributed by atoms with Crippen LogP contribution < -0.4 is 4.90 Å². The van der Waals surface area contributed by atoms with Crippen LogP contribution in [0.3, 0.4) is 0 Å². The van der Waals surface area contributed by atoms with Crippen LogP contribution in [0.15, 0.2) is 48.5 Å². The molecule has 2 aliphatic rings. The highest BCUT2D eigenvalue weighted by Crippen LogP contribution is 2.42. The van der Waals surface area contributed by atoms with Crippen LogP contribution in [0.4, 0.5) is 5.69 Å². The molecule has 0 radical (unpaired) electrons. The van der Waals surface area contributed by atoms with E-state index in [1.807, 2.05) is 0 Å². The predicted octanol–water partition coefficient (Wildman–Crippen LogP) is 2.84. The van der Waals surface area contributed by atoms with Crippen molar-refractivity contribution in [2.75, 3.05) is 11.4 Å². The zero-order valence-corrected chi connectivity index (χ0v) is 12.5. The Hall–Kier alpha value is -3.08. The molecule has 0 saturated carbocycles. The van der Waals surface area contributed by atoms with Gasteiger partial charge in [0.25, 0.3) is 5.91 Å². The Morgan fingerprint density at radius 1 is 1.17 bits per heavy atom. The first-order valence-electron chi connectivity index (χ1n) is 9.58. The van der Waals surface area contributed by atoms with Gasteiger partial charge in [-0.25, -0.2) is 0 Å². The van der Waals surface area contributed by atoms with E-state index in [1.54, 1.807) is 42.5 Å². The van der Waals surface area contributed by atoms with Crippen LogP contribution in [0, 0.1) is 0 Å². The molecule has 1 N–H and O–H groups in total. The van der Waals surface area contributed by atoms with Crippen LogP contribution in [-0.2, 0) is 11.2 Å². The highest BCUT2D eigenvalue weighted by molar-refractivity contribution is 6.05. The van der Waals surface area contributed by atoms with Crippen molar-refractivity contribution in [1.29, 1.82) is 0 Å². The topological polar surface area (TPSA) is 56.4 Å². The quantitative estimate of drug-likeness (QED) is 0.701. The summed E-state index contributed by atoms with van der Waals surface area (Å²) in [6, 6.07) is 13.4. The van der Waals surface area contributed by atoms with Crippen molar-refractivity contribution < 1.29 is 15.1 Å². The number of aromatic nitrogens is 1. The van der Waals surface area contributed by atoms with Crippen LogP contribution in [0.5, 0.6) is 0 Å². The van der Waals surface area contributed by atoms with E-state index in [1.165, 1.54) is 11.0 Å². The van der Waals surface area contributed by atoms with E-state index in [-0.39, 0.29) is 11.1 Å². The molecule has 1 unspecified atom stereocenters. The maximum absolute atomic E-state index is 13.2. The molecule has 2 amide bonds. The van der Waals surface area contributed by atoms with Gasteiger partial charge in [0.15, 0.2) is 6.17 Å². The number of amides is 2. The lowest BCUT2D eigenvalue weighted by Gasteiger charge is -2.44. The summed E-state index contributed by atoms with van der Waals surface area (Å²) in [6.07, 6.45) is -3.05. The molecule has 1 aromatic heterocycles. The van der Waals surface area contributed by atoms with Crippen molar-refractivity contribution in [1.82, 2.24) is 9.88 Å². The summed E-state index contributed by atoms with van der Waals surface area (Å²) in [5.41, 5.74) is 1.58. The van der Waals surface area contributed by atoms with Crippen LogP contribution >= 0.6 is 0 Å². The van der Waals surface area contributed by atoms with E-state index in [9.17, 15) is 9.59 Å². The number of aromatic amines is 1. The third kappa shape index (κ3) is 1.58. The number of nitrogens with zero attached hydrogens (tertiary/aromatic N) is 2. The fourth-order valence-corrected chi connectivity index (χ4v) is 3.48. The van der Waals surface area contributed by atoms with Crippen LogP contribution in [0.1, 0.15) is 33.3 Å². The molecule has 5 rings (SSSR count). The Kier molecular flexibility index (Phi) is 1.95. The molecule has 0 aliphatic carbocycles. The first-order chi connectivity index (χ1) is 13.3. The lowest BCUT2D eigenvalue weighted by Crippen LogP contribution is -2.51. The summed E-state index contributed by atoms with van der Waals surface area (Å²) in [5.74, 6) is -0.656. The molecular formula is C19H15N3O2. The van der Waals surface area contributed by atoms with Crippen LogP contribution in [-0.4, -0.2) is 28.7 Å². The molecule has 2 aliphatic heterocycles. The number of carbonyl (C=O) groups excluding carboxylic acids is 2. The second kappa shape index (κ2) is 4.71. The smallest absolute Gasteiger partial charge is 0.257 e. The van der Waals surface area contributed by atoms with Crippen molar-refractivity contribution >= 4 is 28.9 Å². The summed E-state index contributed by atoms with van der Waals surface area (Å²) in [6.45, 7) is -2.68. The number of fused-ring (bicyclic) bond motifs is 6. The van der Waals surface area contributed by atoms with Crippen LogP contribution in [0.25, 0.3) is 10.9 Å². The number of H-pyrrole nitrogens is 1. The summed E-state index contributed by atoms with van der Waals surface area (Å²) in [7, 11) is 0. The Morgan fingerprint density at radius 2 is 1.96 bits per heavy atom. The summed E-state index contributed by atoms with van der Waals surface area (Å²) in [5, 5.41) is 0.531. The van der Waals surface area contributed by atoms with E-state index in [2.05, 4.69) is 4.98 Å². The van der Waals surface area contributed by atoms with Gasteiger partial charge in [0.2, 0.25) is 6.41 Å². The third-order valence-corrected chi connectivity index (χ3v) is 4.55. The van der Waals surface area contributed by atoms with E-state index in [0.717, 1.165) is 4.90 Å². The van der Waals surface area contributed by atoms with E-state index in [4.69, 9.17) is 5.48 Å². The average molecular weight is 321 g/mol. The van der Waals surface area contributed by atoms with Crippen molar-refractivity contribution in [3.63, 3.8) is 0 Å². The minimum atomic E-state index is -2.68. The van der Waals surface area contributed by atoms with Gasteiger partial charge < -0.3 is 9.88 Å². The second-order valence-corrected chi connectivity index (χ2v) is 5.77. The summed E-state index contributed by atoms with van der Waals surface area (Å²) < 4.78 is 34.4. The zero-order chi connectivity index (χ0) is 19.8. The lowest BCUT2D eigenvalue weighted by molar-refractivity contribution is -0.108. The van der Waals surface area contributed by atoms with Crippen molar-refractivity contribution in [2.24, 2.45) is 0 Å². The molecular weight excluding hydrogens is 302 g/mol. The number of anilines is 1. The number of aryl methyl sites for hydroxylation is 1. The number of nitrogens with one attached hydrogen (secondary N) is 1. The SMILES string of the molecule is [2H]C1([2H])c2c([nH]c3ccccc23)C2N(C=O)c3ccccc3C(=O)N2C1([2H])[2H]. The van der Waals surface area contributed by atoms with Gasteiger partial charge in [-0.3, -0.25) is 14.5 Å². The van der Waals surface area contributed by atoms with Gasteiger partial charge in [-0.15, -0.1) is 0 Å². The molecule has 118 valence electrons. The standard InChI is InChI=1S/C19H15N3O2/c23-11-22-16-8-4-2-6-14(16)19(24)21-10-9-13-12-5-1-3-7-15(12)20-17(13)18(21)22/h1-8,11,18,20H,9-10H2/i9D2,10D2. The largest absolute Gasteiger partial charge is 0.355 e. The predicted molar refractivity (Wildman–Crippen MR) is 90.8 cm³/mol. The van der Waals surface area contributed by atoms with E-state index >= 15 is 0 Å². The molecule has 3 aromatic rings. The minimum Gasteiger partial charge on any atom is -0.355 e. The summed E-state index contributed by atoms with van der Waals surface area (Å²) >= 11 is 0. The van der Waals surface area contributed by atoms with Gasteiger partial charge in [0.1, 0.15) is 0 Å². The molecule has 3 heterocycles. The molecule has 2 aromatic carbocycles. The minimum absolute atomic E-state index is 0.133. The fourth-order valence-electron chi connectivity index (χ4n) is 3.48. The van der Waals surface area contributed by atoms with Gasteiger partial charge >= 0.3 is 0 Å². The first-order valence-corrected chi connectivity index (χ1v) is 7.58. The molecule has 0 bridgehead atoms. The molecule has 1 atom stereocenters. The van der Waals surface area contributed by atoms with Gasteiger partial charge in [-0.2, -0.15) is 0 Å². The van der Waals surface area contributed by atoms with Gasteiger partial charge in [-0.1, -0.05) is 30.3 Å². The van der Waals surface area contributed by atoms with Crippen LogP contribution in [0.2, 0.25) is 0 Å². The van der Waals surface area contributed by atoms with Gasteiger partial charge in [0, 0.05) is 22.9 Å². The van der Waals surface area contributed by atoms with E-state index in [0.29, 0.717) is 28.7 Å². The molecule has 5 nitrogen and oxygen atoms in total. The number of carbonyl (C=O) groups is 2. The number of hydrogen-bond donors (Lipinski definition) is 1. The molecule has 0 spiro atoms. The number of rotatable bonds is 1. The average Bonchev–Trinajstić information content (AvgIpc) is 3.07. The lowest BCUT2D eigenvalue weighted by atomic mass is 9.96. The summed E-state index contributed by atoms with van der Waals surface area (Å²) in [4.78, 5) is 30.5. The molecule has 0 fully saturated rings. The van der Waals surface area contributed by atoms with Crippen molar-refractivity contribution in [3.05, 3.63) is 65.4 Å². The number of hydrogen-bond acceptors (Lipinski definition) is 2. The highest BCUT2D eigenvalue weighted by atomic mass is 16.2. The first kappa shape index (κ1) is 9.93. The van der Waals surface area contributed by atoms with Crippen molar-refractivity contribution in [3.8, 4) is 0 Å². The van der Waals surface area contributed by atoms with Crippen molar-refractivity contribution in [2.45, 2.75) is 12.5 Å². The number of para-hydroxylation sites is 2. The maximum atomic E-state index is 13.2. The molecule has 0 saturated heterocycles. The second-order valence-electron chi connectivity index (χ2n) is 5.77. The molecule has 24 heavy (non-hydrogen) atoms. The fraction of sp³-hybridized carbons (Fsp3) is 0.158. The Balaban J connectivity index is 1.90. The normalized spacial score (nSPS) is 25.7. The third-order valence-electron chi connectivity index (χ3n) is 4.55. The van der Waals surface area contributed by atoms with E-state index < -0.39 is 24.9 Å². The Bertz CT molecular complexity index is 1160. The highest BCUT2D eigenvalue weighted by Gasteiger charge is 2.42. The number of benzene rings is 2. The Morgan fingerprint density at radius 3 is 2.83 bits per heavy atom. The Labute approximate surface area is 144 Å². The molecule has 5 heteroatoms. The van der Waals surface area contributed by atoms with Gasteiger partial charge in [0.05, 0.1) is 16.9 Å².